The predicted molar refractivity (Wildman–Crippen MR) is 108 cm³/mol. The Balaban J connectivity index is 1.96. The van der Waals surface area contributed by atoms with Gasteiger partial charge in [0.1, 0.15) is 11.4 Å². The Morgan fingerprint density at radius 3 is 2.07 bits per heavy atom. The Labute approximate surface area is 162 Å². The third-order valence-corrected chi connectivity index (χ3v) is 4.26. The van der Waals surface area contributed by atoms with Crippen molar-refractivity contribution >= 4 is 17.3 Å². The van der Waals surface area contributed by atoms with Crippen molar-refractivity contribution in [2.24, 2.45) is 0 Å². The van der Waals surface area contributed by atoms with Crippen molar-refractivity contribution in [3.8, 4) is 5.75 Å². The van der Waals surface area contributed by atoms with Gasteiger partial charge in [-0.15, -0.1) is 0 Å². The van der Waals surface area contributed by atoms with Gasteiger partial charge >= 0.3 is 0 Å². The van der Waals surface area contributed by atoms with Crippen molar-refractivity contribution in [1.29, 1.82) is 0 Å². The van der Waals surface area contributed by atoms with Crippen LogP contribution in [0.25, 0.3) is 0 Å². The fourth-order valence-electron chi connectivity index (χ4n) is 3.02. The highest BCUT2D eigenvalue weighted by atomic mass is 16.6. The van der Waals surface area contributed by atoms with Gasteiger partial charge in [-0.2, -0.15) is 0 Å². The number of amides is 1. The first kappa shape index (κ1) is 19.1. The van der Waals surface area contributed by atoms with Crippen LogP contribution < -0.4 is 10.1 Å². The van der Waals surface area contributed by atoms with Crippen LogP contribution in [0.2, 0.25) is 0 Å². The largest absolute Gasteiger partial charge is 0.494 e. The minimum Gasteiger partial charge on any atom is -0.494 e. The molecule has 0 heterocycles. The summed E-state index contributed by atoms with van der Waals surface area (Å²) in [6, 6.07) is 23.1. The lowest BCUT2D eigenvalue weighted by Crippen LogP contribution is -2.22. The van der Waals surface area contributed by atoms with E-state index in [9.17, 15) is 14.9 Å². The van der Waals surface area contributed by atoms with Crippen LogP contribution in [0.3, 0.4) is 0 Å². The lowest BCUT2D eigenvalue weighted by molar-refractivity contribution is -0.384. The van der Waals surface area contributed by atoms with Gasteiger partial charge in [-0.25, -0.2) is 0 Å². The number of anilines is 1. The van der Waals surface area contributed by atoms with Crippen LogP contribution in [0.15, 0.2) is 78.9 Å². The number of carbonyl (C=O) groups is 1. The molecule has 0 spiro atoms. The summed E-state index contributed by atoms with van der Waals surface area (Å²) in [7, 11) is 0. The summed E-state index contributed by atoms with van der Waals surface area (Å²) in [5, 5.41) is 14.2. The molecule has 0 fully saturated rings. The van der Waals surface area contributed by atoms with Crippen LogP contribution >= 0.6 is 0 Å². The number of nitro benzene ring substituents is 1. The molecule has 1 amide bonds. The monoisotopic (exact) mass is 376 g/mol. The van der Waals surface area contributed by atoms with Crippen molar-refractivity contribution in [2.45, 2.75) is 12.8 Å². The smallest absolute Gasteiger partial charge is 0.296 e. The molecular formula is C22H20N2O4. The van der Waals surface area contributed by atoms with Gasteiger partial charge in [0.15, 0.2) is 0 Å². The first-order chi connectivity index (χ1) is 13.6. The number of carbonyl (C=O) groups excluding carboxylic acids is 1. The lowest BCUT2D eigenvalue weighted by Gasteiger charge is -2.18. The van der Waals surface area contributed by atoms with Crippen LogP contribution in [0.1, 0.15) is 24.0 Å². The third-order valence-electron chi connectivity index (χ3n) is 4.26. The number of hydrogen-bond donors (Lipinski definition) is 1. The second-order valence-corrected chi connectivity index (χ2v) is 6.11. The number of nitro groups is 1. The average Bonchev–Trinajstić information content (AvgIpc) is 2.71. The highest BCUT2D eigenvalue weighted by molar-refractivity contribution is 5.99. The van der Waals surface area contributed by atoms with E-state index in [0.717, 1.165) is 11.1 Å². The molecular weight excluding hydrogens is 356 g/mol. The first-order valence-corrected chi connectivity index (χ1v) is 8.92. The second-order valence-electron chi connectivity index (χ2n) is 6.11. The summed E-state index contributed by atoms with van der Waals surface area (Å²) < 4.78 is 5.33. The van der Waals surface area contributed by atoms with E-state index in [2.05, 4.69) is 5.32 Å². The quantitative estimate of drug-likeness (QED) is 0.476. The fourth-order valence-corrected chi connectivity index (χ4v) is 3.02. The molecule has 28 heavy (non-hydrogen) atoms. The average molecular weight is 376 g/mol. The minimum atomic E-state index is -0.589. The SMILES string of the molecule is CCOc1ccc(NC(=O)C(c2ccccc2)c2ccccc2)c([N+](=O)[O-])c1. The molecule has 1 N–H and O–H groups in total. The van der Waals surface area contributed by atoms with Crippen molar-refractivity contribution < 1.29 is 14.5 Å². The molecule has 0 unspecified atom stereocenters. The third kappa shape index (κ3) is 4.35. The van der Waals surface area contributed by atoms with Gasteiger partial charge in [-0.3, -0.25) is 14.9 Å². The van der Waals surface area contributed by atoms with E-state index in [1.54, 1.807) is 13.0 Å². The van der Waals surface area contributed by atoms with Crippen LogP contribution in [-0.2, 0) is 4.79 Å². The molecule has 142 valence electrons. The Bertz CT molecular complexity index is 919. The van der Waals surface area contributed by atoms with E-state index in [1.165, 1.54) is 12.1 Å². The number of rotatable bonds is 7. The van der Waals surface area contributed by atoms with Gasteiger partial charge in [0.25, 0.3) is 5.69 Å². The van der Waals surface area contributed by atoms with Gasteiger partial charge in [0.2, 0.25) is 5.91 Å². The first-order valence-electron chi connectivity index (χ1n) is 8.92. The molecule has 6 nitrogen and oxygen atoms in total. The Hall–Kier alpha value is -3.67. The van der Waals surface area contributed by atoms with Gasteiger partial charge in [-0.05, 0) is 30.2 Å². The van der Waals surface area contributed by atoms with Crippen LogP contribution in [0.5, 0.6) is 5.75 Å². The molecule has 0 aliphatic rings. The summed E-state index contributed by atoms with van der Waals surface area (Å²) in [6.45, 7) is 2.19. The Morgan fingerprint density at radius 1 is 1.00 bits per heavy atom. The molecule has 0 atom stereocenters. The number of nitrogens with one attached hydrogen (secondary N) is 1. The Morgan fingerprint density at radius 2 is 1.57 bits per heavy atom. The summed E-state index contributed by atoms with van der Waals surface area (Å²) in [4.78, 5) is 24.1. The summed E-state index contributed by atoms with van der Waals surface area (Å²) in [6.07, 6.45) is 0. The summed E-state index contributed by atoms with van der Waals surface area (Å²) in [5.41, 5.74) is 1.54. The molecule has 0 bridgehead atoms. The van der Waals surface area contributed by atoms with E-state index in [0.29, 0.717) is 12.4 Å². The zero-order chi connectivity index (χ0) is 19.9. The summed E-state index contributed by atoms with van der Waals surface area (Å²) in [5.74, 6) is -0.548. The molecule has 0 aliphatic carbocycles. The summed E-state index contributed by atoms with van der Waals surface area (Å²) >= 11 is 0. The van der Waals surface area contributed by atoms with Crippen LogP contribution in [-0.4, -0.2) is 17.4 Å². The number of ether oxygens (including phenoxy) is 1. The molecule has 3 aromatic carbocycles. The maximum Gasteiger partial charge on any atom is 0.296 e. The maximum atomic E-state index is 13.1. The van der Waals surface area contributed by atoms with Crippen molar-refractivity contribution in [3.63, 3.8) is 0 Å². The van der Waals surface area contributed by atoms with Crippen molar-refractivity contribution in [2.75, 3.05) is 11.9 Å². The van der Waals surface area contributed by atoms with Crippen molar-refractivity contribution in [3.05, 3.63) is 100 Å². The molecule has 0 saturated carbocycles. The zero-order valence-electron chi connectivity index (χ0n) is 15.4. The number of nitrogens with zero attached hydrogens (tertiary/aromatic N) is 1. The highest BCUT2D eigenvalue weighted by Crippen LogP contribution is 2.32. The van der Waals surface area contributed by atoms with E-state index in [4.69, 9.17) is 4.74 Å². The number of hydrogen-bond acceptors (Lipinski definition) is 4. The normalized spacial score (nSPS) is 10.5. The van der Waals surface area contributed by atoms with Crippen molar-refractivity contribution in [1.82, 2.24) is 0 Å². The van der Waals surface area contributed by atoms with Crippen LogP contribution in [0.4, 0.5) is 11.4 Å². The topological polar surface area (TPSA) is 81.5 Å². The second kappa shape index (κ2) is 8.81. The number of benzene rings is 3. The highest BCUT2D eigenvalue weighted by Gasteiger charge is 2.25. The van der Waals surface area contributed by atoms with Gasteiger partial charge < -0.3 is 10.1 Å². The van der Waals surface area contributed by atoms with E-state index in [-0.39, 0.29) is 17.3 Å². The van der Waals surface area contributed by atoms with E-state index in [1.807, 2.05) is 60.7 Å². The van der Waals surface area contributed by atoms with Crippen LogP contribution in [0, 0.1) is 10.1 Å². The minimum absolute atomic E-state index is 0.135. The van der Waals surface area contributed by atoms with Gasteiger partial charge in [0, 0.05) is 0 Å². The lowest BCUT2D eigenvalue weighted by atomic mass is 9.90. The zero-order valence-corrected chi connectivity index (χ0v) is 15.4. The van der Waals surface area contributed by atoms with E-state index < -0.39 is 10.8 Å². The fraction of sp³-hybridized carbons (Fsp3) is 0.136. The molecule has 3 aromatic rings. The van der Waals surface area contributed by atoms with Gasteiger partial charge in [-0.1, -0.05) is 60.7 Å². The molecule has 0 radical (unpaired) electrons. The molecule has 6 heteroatoms. The maximum absolute atomic E-state index is 13.1. The molecule has 0 saturated heterocycles. The van der Waals surface area contributed by atoms with E-state index >= 15 is 0 Å². The predicted octanol–water partition coefficient (Wildman–Crippen LogP) is 4.76. The molecule has 0 aliphatic heterocycles. The van der Waals surface area contributed by atoms with Gasteiger partial charge in [0.05, 0.1) is 23.5 Å². The Kier molecular flexibility index (Phi) is 6.01. The molecule has 3 rings (SSSR count). The molecule has 0 aromatic heterocycles. The standard InChI is InChI=1S/C22H20N2O4/c1-2-28-18-13-14-19(20(15-18)24(26)27)23-22(25)21(16-9-5-3-6-10-16)17-11-7-4-8-12-17/h3-15,21H,2H2,1H3,(H,23,25).